The third-order valence-electron chi connectivity index (χ3n) is 15.2. The van der Waals surface area contributed by atoms with Crippen LogP contribution < -0.4 is 41.5 Å². The molecule has 0 radical (unpaired) electrons. The molecule has 3 aromatic heterocycles. The van der Waals surface area contributed by atoms with Crippen LogP contribution in [-0.4, -0.2) is 31.1 Å². The average molecular weight is 1040 g/mol. The van der Waals surface area contributed by atoms with Gasteiger partial charge in [0, 0.05) is 57.0 Å². The summed E-state index contributed by atoms with van der Waals surface area (Å²) in [5.74, 6) is 1.89. The molecule has 0 bridgehead atoms. The minimum Gasteiger partial charge on any atom is -0.208 e. The summed E-state index contributed by atoms with van der Waals surface area (Å²) in [7, 11) is -5.99. The number of hydrogen-bond donors (Lipinski definition) is 0. The van der Waals surface area contributed by atoms with E-state index in [0.29, 0.717) is 17.5 Å². The molecule has 0 aliphatic rings. The maximum atomic E-state index is 5.52. The summed E-state index contributed by atoms with van der Waals surface area (Å²) >= 11 is 3.75. The van der Waals surface area contributed by atoms with E-state index >= 15 is 0 Å². The van der Waals surface area contributed by atoms with Gasteiger partial charge in [0.05, 0.1) is 0 Å². The molecule has 0 saturated heterocycles. The van der Waals surface area contributed by atoms with Gasteiger partial charge in [-0.3, -0.25) is 0 Å². The number of rotatable bonds is 11. The van der Waals surface area contributed by atoms with E-state index in [4.69, 9.17) is 15.0 Å². The molecule has 3 heterocycles. The first-order chi connectivity index (χ1) is 37.6. The molecule has 0 fully saturated rings. The molecule has 0 aliphatic carbocycles. The van der Waals surface area contributed by atoms with Gasteiger partial charge < -0.3 is 0 Å². The predicted octanol–water partition coefficient (Wildman–Crippen LogP) is 12.4. The van der Waals surface area contributed by atoms with Crippen LogP contribution in [0.2, 0.25) is 0 Å². The number of benzene rings is 11. The smallest absolute Gasteiger partial charge is 0.179 e. The summed E-state index contributed by atoms with van der Waals surface area (Å²) in [4.78, 5) is 16.3. The molecule has 0 unspecified atom stereocenters. The number of hydrogen-bond acceptors (Lipinski definition) is 5. The Hall–Kier alpha value is -8.70. The molecule has 0 atom stereocenters. The van der Waals surface area contributed by atoms with Gasteiger partial charge in [0.15, 0.2) is 33.6 Å². The van der Waals surface area contributed by atoms with Crippen LogP contribution in [-0.2, 0) is 0 Å². The van der Waals surface area contributed by atoms with Gasteiger partial charge in [-0.1, -0.05) is 261 Å². The highest BCUT2D eigenvalue weighted by Crippen LogP contribution is 2.35. The molecule has 11 aromatic carbocycles. The van der Waals surface area contributed by atoms with E-state index in [2.05, 4.69) is 279 Å². The normalized spacial score (nSPS) is 11.9. The Kier molecular flexibility index (Phi) is 11.6. The van der Waals surface area contributed by atoms with E-state index in [1.807, 2.05) is 28.7 Å². The fourth-order valence-electron chi connectivity index (χ4n) is 11.8. The van der Waals surface area contributed by atoms with Crippen molar-refractivity contribution in [1.82, 2.24) is 15.0 Å². The number of fused-ring (bicyclic) bond motifs is 6. The highest BCUT2D eigenvalue weighted by molar-refractivity contribution is 7.27. The van der Waals surface area contributed by atoms with Crippen molar-refractivity contribution in [3.05, 3.63) is 285 Å². The maximum absolute atomic E-state index is 5.52. The topological polar surface area (TPSA) is 38.7 Å². The van der Waals surface area contributed by atoms with E-state index in [0.717, 1.165) is 16.7 Å². The van der Waals surface area contributed by atoms with Gasteiger partial charge in [-0.05, 0) is 65.8 Å². The van der Waals surface area contributed by atoms with Gasteiger partial charge >= 0.3 is 0 Å². The first kappa shape index (κ1) is 45.9. The lowest BCUT2D eigenvalue weighted by Crippen LogP contribution is -2.74. The summed E-state index contributed by atoms with van der Waals surface area (Å²) in [6.07, 6.45) is 0. The standard InChI is InChI=1S/C69H47N3S2Si2/c1-6-22-48(23-7-1)67-70-68(49-24-20-34-55(44-49)75(51-26-8-2-9-27-51,52-28-10-3-11-29-52)57-40-42-61-59-36-16-18-38-63(59)73-65(61)46-57)72-69(71-67)50-25-21-35-56(45-50)76(53-30-12-4-13-31-53,54-32-14-5-15-33-54)58-41-43-62-60-37-17-19-39-64(60)74-66(62)47-58/h1-47H. The second-order valence-corrected chi connectivity index (χ2v) is 29.2. The molecule has 14 rings (SSSR count). The van der Waals surface area contributed by atoms with Gasteiger partial charge in [0.25, 0.3) is 0 Å². The van der Waals surface area contributed by atoms with Crippen molar-refractivity contribution in [3.63, 3.8) is 0 Å². The summed E-state index contributed by atoms with van der Waals surface area (Å²) < 4.78 is 5.19. The summed E-state index contributed by atoms with van der Waals surface area (Å²) in [5.41, 5.74) is 2.81. The average Bonchev–Trinajstić information content (AvgIpc) is 4.13. The van der Waals surface area contributed by atoms with Crippen LogP contribution in [0.25, 0.3) is 74.5 Å². The van der Waals surface area contributed by atoms with Gasteiger partial charge in [-0.25, -0.2) is 15.0 Å². The van der Waals surface area contributed by atoms with Crippen LogP contribution in [0.3, 0.4) is 0 Å². The lowest BCUT2D eigenvalue weighted by atomic mass is 10.1. The molecular weight excluding hydrogens is 991 g/mol. The zero-order valence-corrected chi connectivity index (χ0v) is 44.9. The van der Waals surface area contributed by atoms with Crippen molar-refractivity contribution in [2.75, 3.05) is 0 Å². The fraction of sp³-hybridized carbons (Fsp3) is 0. The quantitative estimate of drug-likeness (QED) is 0.0957. The Labute approximate surface area is 451 Å². The Morgan fingerprint density at radius 2 is 0.500 bits per heavy atom. The number of thiophene rings is 2. The molecule has 3 nitrogen and oxygen atoms in total. The third-order valence-corrected chi connectivity index (χ3v) is 27.0. The Balaban J connectivity index is 0.979. The molecule has 0 amide bonds. The van der Waals surface area contributed by atoms with Crippen LogP contribution in [0.15, 0.2) is 285 Å². The summed E-state index contributed by atoms with van der Waals surface area (Å²) in [5, 5.41) is 15.6. The van der Waals surface area contributed by atoms with E-state index in [9.17, 15) is 0 Å². The van der Waals surface area contributed by atoms with Crippen LogP contribution >= 0.6 is 22.7 Å². The molecule has 358 valence electrons. The van der Waals surface area contributed by atoms with Crippen LogP contribution in [0.5, 0.6) is 0 Å². The zero-order chi connectivity index (χ0) is 50.5. The lowest BCUT2D eigenvalue weighted by molar-refractivity contribution is 1.07. The fourth-order valence-corrected chi connectivity index (χ4v) is 23.9. The second-order valence-electron chi connectivity index (χ2n) is 19.4. The Morgan fingerprint density at radius 1 is 0.211 bits per heavy atom. The maximum Gasteiger partial charge on any atom is 0.179 e. The molecule has 76 heavy (non-hydrogen) atoms. The van der Waals surface area contributed by atoms with Crippen molar-refractivity contribution in [2.45, 2.75) is 0 Å². The number of aromatic nitrogens is 3. The van der Waals surface area contributed by atoms with E-state index in [1.54, 1.807) is 0 Å². The van der Waals surface area contributed by atoms with E-state index < -0.39 is 16.1 Å². The van der Waals surface area contributed by atoms with Gasteiger partial charge in [-0.15, -0.1) is 22.7 Å². The van der Waals surface area contributed by atoms with Crippen LogP contribution in [0.1, 0.15) is 0 Å². The van der Waals surface area contributed by atoms with Gasteiger partial charge in [0.1, 0.15) is 0 Å². The predicted molar refractivity (Wildman–Crippen MR) is 329 cm³/mol. The van der Waals surface area contributed by atoms with Crippen molar-refractivity contribution in [1.29, 1.82) is 0 Å². The van der Waals surface area contributed by atoms with Crippen molar-refractivity contribution >= 4 is 121 Å². The largest absolute Gasteiger partial charge is 0.208 e. The summed E-state index contributed by atoms with van der Waals surface area (Å²) in [6, 6.07) is 105. The Morgan fingerprint density at radius 3 is 0.895 bits per heavy atom. The molecule has 0 aliphatic heterocycles. The monoisotopic (exact) mass is 1040 g/mol. The minimum atomic E-state index is -3.00. The van der Waals surface area contributed by atoms with Gasteiger partial charge in [-0.2, -0.15) is 0 Å². The highest BCUT2D eigenvalue weighted by Gasteiger charge is 2.43. The minimum absolute atomic E-state index is 0.630. The molecule has 0 spiro atoms. The first-order valence-corrected chi connectivity index (χ1v) is 31.4. The molecule has 14 aromatic rings. The van der Waals surface area contributed by atoms with Crippen molar-refractivity contribution in [2.24, 2.45) is 0 Å². The highest BCUT2D eigenvalue weighted by atomic mass is 32.1. The molecule has 7 heteroatoms. The molecule has 0 N–H and O–H groups in total. The van der Waals surface area contributed by atoms with E-state index in [-0.39, 0.29) is 0 Å². The first-order valence-electron chi connectivity index (χ1n) is 25.7. The lowest BCUT2D eigenvalue weighted by Gasteiger charge is -2.34. The zero-order valence-electron chi connectivity index (χ0n) is 41.3. The van der Waals surface area contributed by atoms with Gasteiger partial charge in [0.2, 0.25) is 0 Å². The Bertz CT molecular complexity index is 4070. The van der Waals surface area contributed by atoms with Crippen molar-refractivity contribution in [3.8, 4) is 34.2 Å². The third kappa shape index (κ3) is 7.70. The van der Waals surface area contributed by atoms with Crippen molar-refractivity contribution < 1.29 is 0 Å². The van der Waals surface area contributed by atoms with Crippen LogP contribution in [0, 0.1) is 0 Å². The SMILES string of the molecule is c1ccc(-c2nc(-c3cccc([Si](c4ccccc4)(c4ccccc4)c4ccc5c(c4)sc4ccccc45)c3)nc(-c3cccc([Si](c4ccccc4)(c4ccccc4)c4ccc5c(c4)sc4ccccc45)c3)n2)cc1. The van der Waals surface area contributed by atoms with E-state index in [1.165, 1.54) is 81.8 Å². The van der Waals surface area contributed by atoms with Crippen LogP contribution in [0.4, 0.5) is 0 Å². The summed E-state index contributed by atoms with van der Waals surface area (Å²) in [6.45, 7) is 0. The second kappa shape index (κ2) is 19.2. The molecule has 0 saturated carbocycles. The molecular formula is C69H47N3S2Si2. The number of nitrogens with zero attached hydrogens (tertiary/aromatic N) is 3.